The van der Waals surface area contributed by atoms with Gasteiger partial charge in [-0.1, -0.05) is 20.8 Å². The summed E-state index contributed by atoms with van der Waals surface area (Å²) < 4.78 is 22.9. The molecule has 0 aromatic heterocycles. The molecule has 0 aliphatic carbocycles. The van der Waals surface area contributed by atoms with Crippen LogP contribution in [0.25, 0.3) is 0 Å². The van der Waals surface area contributed by atoms with Crippen molar-refractivity contribution in [3.8, 4) is 0 Å². The predicted molar refractivity (Wildman–Crippen MR) is 102 cm³/mol. The molecule has 0 bridgehead atoms. The van der Waals surface area contributed by atoms with Gasteiger partial charge in [-0.05, 0) is 32.1 Å². The summed E-state index contributed by atoms with van der Waals surface area (Å²) in [5.41, 5.74) is 0.347. The van der Waals surface area contributed by atoms with Gasteiger partial charge in [-0.25, -0.2) is 8.42 Å². The standard InChI is InChI=1S/C17H36N4O2S/c1-6-18-16(20-15(2)7-8-17(3,4)5)19-9-10-21-11-13-24(22,23)14-12-21/h15H,6-14H2,1-5H3,(H2,18,19,20). The maximum Gasteiger partial charge on any atom is 0.191 e. The minimum Gasteiger partial charge on any atom is -0.357 e. The smallest absolute Gasteiger partial charge is 0.191 e. The first-order valence-corrected chi connectivity index (χ1v) is 10.9. The summed E-state index contributed by atoms with van der Waals surface area (Å²) in [7, 11) is -2.80. The van der Waals surface area contributed by atoms with E-state index in [4.69, 9.17) is 0 Å². The van der Waals surface area contributed by atoms with Crippen LogP contribution in [0, 0.1) is 5.41 Å². The molecule has 6 nitrogen and oxygen atoms in total. The van der Waals surface area contributed by atoms with E-state index in [2.05, 4.69) is 55.1 Å². The molecule has 2 N–H and O–H groups in total. The lowest BCUT2D eigenvalue weighted by Gasteiger charge is -2.26. The lowest BCUT2D eigenvalue weighted by molar-refractivity contribution is 0.304. The number of nitrogens with one attached hydrogen (secondary N) is 2. The molecule has 1 unspecified atom stereocenters. The first kappa shape index (κ1) is 21.2. The van der Waals surface area contributed by atoms with Gasteiger partial charge in [-0.15, -0.1) is 0 Å². The van der Waals surface area contributed by atoms with E-state index < -0.39 is 9.84 Å². The van der Waals surface area contributed by atoms with E-state index in [0.717, 1.165) is 25.5 Å². The SMILES string of the molecule is CCNC(=NCCN1CCS(=O)(=O)CC1)NC(C)CCC(C)(C)C. The molecule has 1 aliphatic rings. The monoisotopic (exact) mass is 360 g/mol. The molecule has 0 radical (unpaired) electrons. The van der Waals surface area contributed by atoms with Crippen LogP contribution < -0.4 is 10.6 Å². The van der Waals surface area contributed by atoms with Crippen molar-refractivity contribution < 1.29 is 8.42 Å². The van der Waals surface area contributed by atoms with Gasteiger partial charge in [0.2, 0.25) is 0 Å². The second-order valence-electron chi connectivity index (χ2n) is 7.90. The Labute approximate surface area is 148 Å². The first-order valence-electron chi connectivity index (χ1n) is 9.09. The predicted octanol–water partition coefficient (Wildman–Crippen LogP) is 1.49. The number of sulfone groups is 1. The third-order valence-corrected chi connectivity index (χ3v) is 5.79. The maximum absolute atomic E-state index is 11.4. The van der Waals surface area contributed by atoms with Gasteiger partial charge in [-0.2, -0.15) is 0 Å². The topological polar surface area (TPSA) is 73.8 Å². The summed E-state index contributed by atoms with van der Waals surface area (Å²) in [5.74, 6) is 1.40. The molecule has 0 saturated carbocycles. The van der Waals surface area contributed by atoms with Crippen LogP contribution in [-0.2, 0) is 9.84 Å². The molecule has 1 atom stereocenters. The van der Waals surface area contributed by atoms with E-state index in [1.165, 1.54) is 6.42 Å². The Bertz CT molecular complexity index is 483. The van der Waals surface area contributed by atoms with Crippen LogP contribution >= 0.6 is 0 Å². The maximum atomic E-state index is 11.4. The van der Waals surface area contributed by atoms with E-state index in [0.29, 0.717) is 31.1 Å². The highest BCUT2D eigenvalue weighted by Gasteiger charge is 2.21. The van der Waals surface area contributed by atoms with Crippen LogP contribution in [0.15, 0.2) is 4.99 Å². The third-order valence-electron chi connectivity index (χ3n) is 4.18. The lowest BCUT2D eigenvalue weighted by atomic mass is 9.89. The minimum absolute atomic E-state index is 0.277. The van der Waals surface area contributed by atoms with E-state index in [1.807, 2.05) is 0 Å². The summed E-state index contributed by atoms with van der Waals surface area (Å²) in [5, 5.41) is 6.75. The van der Waals surface area contributed by atoms with Crippen LogP contribution in [0.2, 0.25) is 0 Å². The molecule has 1 saturated heterocycles. The molecule has 142 valence electrons. The number of hydrogen-bond donors (Lipinski definition) is 2. The van der Waals surface area contributed by atoms with Crippen molar-refractivity contribution in [2.75, 3.05) is 44.2 Å². The van der Waals surface area contributed by atoms with Gasteiger partial charge in [0.1, 0.15) is 0 Å². The van der Waals surface area contributed by atoms with Crippen molar-refractivity contribution in [2.45, 2.75) is 53.5 Å². The van der Waals surface area contributed by atoms with Gasteiger partial charge in [-0.3, -0.25) is 9.89 Å². The van der Waals surface area contributed by atoms with Crippen LogP contribution in [0.3, 0.4) is 0 Å². The van der Waals surface area contributed by atoms with Crippen LogP contribution in [0.5, 0.6) is 0 Å². The molecule has 0 aromatic carbocycles. The lowest BCUT2D eigenvalue weighted by Crippen LogP contribution is -2.44. The molecular formula is C17H36N4O2S. The van der Waals surface area contributed by atoms with E-state index in [9.17, 15) is 8.42 Å². The summed E-state index contributed by atoms with van der Waals surface area (Å²) in [6.07, 6.45) is 2.28. The average molecular weight is 361 g/mol. The Hall–Kier alpha value is -0.820. The second kappa shape index (κ2) is 9.61. The molecule has 0 aromatic rings. The quantitative estimate of drug-likeness (QED) is 0.531. The van der Waals surface area contributed by atoms with Crippen molar-refractivity contribution in [3.63, 3.8) is 0 Å². The van der Waals surface area contributed by atoms with E-state index in [-0.39, 0.29) is 11.5 Å². The zero-order chi connectivity index (χ0) is 18.2. The molecule has 24 heavy (non-hydrogen) atoms. The third kappa shape index (κ3) is 9.47. The number of aliphatic imine (C=N–C) groups is 1. The fourth-order valence-electron chi connectivity index (χ4n) is 2.55. The van der Waals surface area contributed by atoms with Gasteiger partial charge >= 0.3 is 0 Å². The molecule has 0 spiro atoms. The molecule has 1 fully saturated rings. The highest BCUT2D eigenvalue weighted by atomic mass is 32.2. The number of nitrogens with zero attached hydrogens (tertiary/aromatic N) is 2. The second-order valence-corrected chi connectivity index (χ2v) is 10.2. The Balaban J connectivity index is 2.39. The summed E-state index contributed by atoms with van der Waals surface area (Å²) >= 11 is 0. The van der Waals surface area contributed by atoms with Crippen molar-refractivity contribution >= 4 is 15.8 Å². The molecular weight excluding hydrogens is 324 g/mol. The first-order chi connectivity index (χ1) is 11.1. The van der Waals surface area contributed by atoms with Crippen LogP contribution in [-0.4, -0.2) is 69.5 Å². The Morgan fingerprint density at radius 1 is 1.25 bits per heavy atom. The van der Waals surface area contributed by atoms with Crippen LogP contribution in [0.4, 0.5) is 0 Å². The van der Waals surface area contributed by atoms with Crippen molar-refractivity contribution in [1.82, 2.24) is 15.5 Å². The molecule has 0 amide bonds. The molecule has 1 aliphatic heterocycles. The van der Waals surface area contributed by atoms with Gasteiger partial charge in [0.25, 0.3) is 0 Å². The van der Waals surface area contributed by atoms with E-state index >= 15 is 0 Å². The minimum atomic E-state index is -2.80. The normalized spacial score (nSPS) is 20.6. The van der Waals surface area contributed by atoms with Gasteiger partial charge < -0.3 is 10.6 Å². The Kier molecular flexibility index (Phi) is 8.50. The van der Waals surface area contributed by atoms with Crippen LogP contribution in [0.1, 0.15) is 47.5 Å². The zero-order valence-corrected chi connectivity index (χ0v) is 16.9. The highest BCUT2D eigenvalue weighted by Crippen LogP contribution is 2.21. The largest absolute Gasteiger partial charge is 0.357 e. The summed E-state index contributed by atoms with van der Waals surface area (Å²) in [6.45, 7) is 14.6. The zero-order valence-electron chi connectivity index (χ0n) is 16.1. The van der Waals surface area contributed by atoms with Crippen molar-refractivity contribution in [3.05, 3.63) is 0 Å². The van der Waals surface area contributed by atoms with Gasteiger partial charge in [0.05, 0.1) is 18.1 Å². The number of guanidine groups is 1. The van der Waals surface area contributed by atoms with Crippen molar-refractivity contribution in [1.29, 1.82) is 0 Å². The highest BCUT2D eigenvalue weighted by molar-refractivity contribution is 7.91. The average Bonchev–Trinajstić information content (AvgIpc) is 2.46. The fourth-order valence-corrected chi connectivity index (χ4v) is 3.83. The Morgan fingerprint density at radius 3 is 2.42 bits per heavy atom. The fraction of sp³-hybridized carbons (Fsp3) is 0.941. The molecule has 7 heteroatoms. The molecule has 1 rings (SSSR count). The summed E-state index contributed by atoms with van der Waals surface area (Å²) in [4.78, 5) is 6.81. The van der Waals surface area contributed by atoms with E-state index in [1.54, 1.807) is 0 Å². The van der Waals surface area contributed by atoms with Gasteiger partial charge in [0.15, 0.2) is 15.8 Å². The van der Waals surface area contributed by atoms with Gasteiger partial charge in [0, 0.05) is 32.2 Å². The molecule has 1 heterocycles. The number of rotatable bonds is 7. The number of hydrogen-bond acceptors (Lipinski definition) is 4. The van der Waals surface area contributed by atoms with Crippen molar-refractivity contribution in [2.24, 2.45) is 10.4 Å². The summed E-state index contributed by atoms with van der Waals surface area (Å²) in [6, 6.07) is 0.377. The Morgan fingerprint density at radius 2 is 1.88 bits per heavy atom.